The van der Waals surface area contributed by atoms with E-state index in [0.717, 1.165) is 5.39 Å². The van der Waals surface area contributed by atoms with Crippen LogP contribution in [0.5, 0.6) is 0 Å². The zero-order valence-corrected chi connectivity index (χ0v) is 11.1. The van der Waals surface area contributed by atoms with Crippen LogP contribution in [0.1, 0.15) is 23.2 Å². The van der Waals surface area contributed by atoms with E-state index in [1.807, 2.05) is 12.1 Å². The van der Waals surface area contributed by atoms with Gasteiger partial charge in [-0.2, -0.15) is 0 Å². The van der Waals surface area contributed by atoms with Gasteiger partial charge in [0.25, 0.3) is 5.91 Å². The number of carboxylic acids is 1. The third-order valence-electron chi connectivity index (χ3n) is 3.11. The Balaban J connectivity index is 2.17. The summed E-state index contributed by atoms with van der Waals surface area (Å²) in [5, 5.41) is 12.3. The standard InChI is InChI=1S/C14H15N3O4/c15-11(18)5-4-10(14(20)21)17-13(19)9-3-1-2-8-6-7-16-12(8)9/h1-3,6-7,10,16H,4-5H2,(H2,15,18)(H,17,19)(H,20,21)/t10-/m0/s1. The fourth-order valence-corrected chi connectivity index (χ4v) is 2.05. The first-order valence-corrected chi connectivity index (χ1v) is 6.37. The lowest BCUT2D eigenvalue weighted by Crippen LogP contribution is -2.41. The fraction of sp³-hybridized carbons (Fsp3) is 0.214. The number of hydrogen-bond donors (Lipinski definition) is 4. The number of hydrogen-bond acceptors (Lipinski definition) is 3. The molecule has 1 aromatic heterocycles. The number of aromatic amines is 1. The van der Waals surface area contributed by atoms with Gasteiger partial charge in [0.05, 0.1) is 11.1 Å². The number of carbonyl (C=O) groups is 3. The van der Waals surface area contributed by atoms with E-state index in [1.165, 1.54) is 0 Å². The molecule has 0 spiro atoms. The van der Waals surface area contributed by atoms with Crippen LogP contribution in [-0.2, 0) is 9.59 Å². The molecule has 0 unspecified atom stereocenters. The van der Waals surface area contributed by atoms with Crippen LogP contribution in [0.15, 0.2) is 30.5 Å². The summed E-state index contributed by atoms with van der Waals surface area (Å²) in [7, 11) is 0. The van der Waals surface area contributed by atoms with Crippen molar-refractivity contribution < 1.29 is 19.5 Å². The van der Waals surface area contributed by atoms with Gasteiger partial charge in [-0.3, -0.25) is 9.59 Å². The summed E-state index contributed by atoms with van der Waals surface area (Å²) in [6.45, 7) is 0. The molecular weight excluding hydrogens is 274 g/mol. The average Bonchev–Trinajstić information content (AvgIpc) is 2.90. The van der Waals surface area contributed by atoms with Crippen LogP contribution in [0.25, 0.3) is 10.9 Å². The van der Waals surface area contributed by atoms with Gasteiger partial charge in [-0.05, 0) is 18.6 Å². The van der Waals surface area contributed by atoms with Gasteiger partial charge < -0.3 is 21.1 Å². The Labute approximate surface area is 120 Å². The third kappa shape index (κ3) is 3.38. The number of rotatable bonds is 6. The van der Waals surface area contributed by atoms with Gasteiger partial charge in [-0.25, -0.2) is 4.79 Å². The van der Waals surface area contributed by atoms with Crippen LogP contribution in [0.2, 0.25) is 0 Å². The molecule has 1 atom stereocenters. The average molecular weight is 289 g/mol. The number of amides is 2. The van der Waals surface area contributed by atoms with Crippen LogP contribution < -0.4 is 11.1 Å². The summed E-state index contributed by atoms with van der Waals surface area (Å²) in [5.41, 5.74) is 5.98. The predicted octanol–water partition coefficient (Wildman–Crippen LogP) is 0.616. The largest absolute Gasteiger partial charge is 0.480 e. The van der Waals surface area contributed by atoms with Crippen molar-refractivity contribution in [2.24, 2.45) is 5.73 Å². The predicted molar refractivity (Wildman–Crippen MR) is 75.6 cm³/mol. The van der Waals surface area contributed by atoms with Gasteiger partial charge >= 0.3 is 5.97 Å². The van der Waals surface area contributed by atoms with Crippen molar-refractivity contribution in [2.45, 2.75) is 18.9 Å². The quantitative estimate of drug-likeness (QED) is 0.621. The number of aliphatic carboxylic acids is 1. The number of nitrogens with two attached hydrogens (primary N) is 1. The Hall–Kier alpha value is -2.83. The van der Waals surface area contributed by atoms with Crippen molar-refractivity contribution in [3.63, 3.8) is 0 Å². The van der Waals surface area contributed by atoms with Crippen molar-refractivity contribution in [2.75, 3.05) is 0 Å². The van der Waals surface area contributed by atoms with Crippen LogP contribution >= 0.6 is 0 Å². The lowest BCUT2D eigenvalue weighted by molar-refractivity contribution is -0.139. The summed E-state index contributed by atoms with van der Waals surface area (Å²) < 4.78 is 0. The molecule has 0 fully saturated rings. The van der Waals surface area contributed by atoms with Gasteiger partial charge in [0.15, 0.2) is 0 Å². The van der Waals surface area contributed by atoms with E-state index in [2.05, 4.69) is 10.3 Å². The highest BCUT2D eigenvalue weighted by Crippen LogP contribution is 2.17. The minimum atomic E-state index is -1.21. The molecule has 0 aliphatic heterocycles. The maximum absolute atomic E-state index is 12.2. The number of primary amides is 1. The summed E-state index contributed by atoms with van der Waals surface area (Å²) in [4.78, 5) is 37.0. The second kappa shape index (κ2) is 6.08. The summed E-state index contributed by atoms with van der Waals surface area (Å²) in [6.07, 6.45) is 1.55. The van der Waals surface area contributed by atoms with Crippen LogP contribution in [0.3, 0.4) is 0 Å². The molecule has 7 nitrogen and oxygen atoms in total. The van der Waals surface area contributed by atoms with Crippen molar-refractivity contribution >= 4 is 28.7 Å². The van der Waals surface area contributed by atoms with Crippen molar-refractivity contribution in [3.05, 3.63) is 36.0 Å². The SMILES string of the molecule is NC(=O)CC[C@H](NC(=O)c1cccc2cc[nH]c12)C(=O)O. The van der Waals surface area contributed by atoms with E-state index in [1.54, 1.807) is 18.3 Å². The first-order valence-electron chi connectivity index (χ1n) is 6.37. The molecule has 2 amide bonds. The molecule has 0 aliphatic carbocycles. The minimum absolute atomic E-state index is 0.0445. The van der Waals surface area contributed by atoms with Crippen LogP contribution in [0, 0.1) is 0 Å². The van der Waals surface area contributed by atoms with E-state index >= 15 is 0 Å². The number of nitrogens with one attached hydrogen (secondary N) is 2. The number of para-hydroxylation sites is 1. The minimum Gasteiger partial charge on any atom is -0.480 e. The lowest BCUT2D eigenvalue weighted by atomic mass is 10.1. The van der Waals surface area contributed by atoms with Gasteiger partial charge in [0, 0.05) is 18.0 Å². The number of carboxylic acid groups (broad SMARTS) is 1. The molecule has 0 saturated carbocycles. The van der Waals surface area contributed by atoms with E-state index in [9.17, 15) is 14.4 Å². The molecule has 0 saturated heterocycles. The molecule has 1 heterocycles. The van der Waals surface area contributed by atoms with E-state index in [-0.39, 0.29) is 12.8 Å². The van der Waals surface area contributed by atoms with Gasteiger partial charge in [0.1, 0.15) is 6.04 Å². The molecule has 1 aromatic carbocycles. The van der Waals surface area contributed by atoms with Gasteiger partial charge in [-0.1, -0.05) is 12.1 Å². The van der Waals surface area contributed by atoms with Gasteiger partial charge in [-0.15, -0.1) is 0 Å². The summed E-state index contributed by atoms with van der Waals surface area (Å²) in [5.74, 6) is -2.33. The third-order valence-corrected chi connectivity index (χ3v) is 3.11. The molecule has 2 aromatic rings. The number of fused-ring (bicyclic) bond motifs is 1. The van der Waals surface area contributed by atoms with Crippen LogP contribution in [-0.4, -0.2) is 33.9 Å². The summed E-state index contributed by atoms with van der Waals surface area (Å²) in [6, 6.07) is 5.80. The van der Waals surface area contributed by atoms with Crippen LogP contribution in [0.4, 0.5) is 0 Å². The topological polar surface area (TPSA) is 125 Å². The molecule has 21 heavy (non-hydrogen) atoms. The van der Waals surface area contributed by atoms with Crippen molar-refractivity contribution in [3.8, 4) is 0 Å². The molecule has 7 heteroatoms. The second-order valence-corrected chi connectivity index (χ2v) is 4.62. The number of carbonyl (C=O) groups excluding carboxylic acids is 2. The maximum atomic E-state index is 12.2. The van der Waals surface area contributed by atoms with E-state index in [4.69, 9.17) is 10.8 Å². The number of H-pyrrole nitrogens is 1. The van der Waals surface area contributed by atoms with Crippen molar-refractivity contribution in [1.82, 2.24) is 10.3 Å². The Kier molecular flexibility index (Phi) is 4.22. The Bertz CT molecular complexity index is 692. The number of aromatic nitrogens is 1. The molecular formula is C14H15N3O4. The Morgan fingerprint density at radius 1 is 1.29 bits per heavy atom. The highest BCUT2D eigenvalue weighted by atomic mass is 16.4. The first-order chi connectivity index (χ1) is 9.99. The molecule has 110 valence electrons. The van der Waals surface area contributed by atoms with Gasteiger partial charge in [0.2, 0.25) is 5.91 Å². The Morgan fingerprint density at radius 2 is 2.05 bits per heavy atom. The molecule has 0 aliphatic rings. The molecule has 0 radical (unpaired) electrons. The molecule has 5 N–H and O–H groups in total. The second-order valence-electron chi connectivity index (χ2n) is 4.62. The maximum Gasteiger partial charge on any atom is 0.326 e. The highest BCUT2D eigenvalue weighted by molar-refractivity contribution is 6.06. The van der Waals surface area contributed by atoms with Crippen molar-refractivity contribution in [1.29, 1.82) is 0 Å². The molecule has 0 bridgehead atoms. The first kappa shape index (κ1) is 14.6. The molecule has 2 rings (SSSR count). The zero-order valence-electron chi connectivity index (χ0n) is 11.1. The Morgan fingerprint density at radius 3 is 2.71 bits per heavy atom. The lowest BCUT2D eigenvalue weighted by Gasteiger charge is -2.14. The smallest absolute Gasteiger partial charge is 0.326 e. The zero-order chi connectivity index (χ0) is 15.4. The highest BCUT2D eigenvalue weighted by Gasteiger charge is 2.22. The fourth-order valence-electron chi connectivity index (χ4n) is 2.05. The van der Waals surface area contributed by atoms with E-state index < -0.39 is 23.8 Å². The number of benzene rings is 1. The van der Waals surface area contributed by atoms with E-state index in [0.29, 0.717) is 11.1 Å². The normalized spacial score (nSPS) is 12.0. The summed E-state index contributed by atoms with van der Waals surface area (Å²) >= 11 is 0. The monoisotopic (exact) mass is 289 g/mol.